The Bertz CT molecular complexity index is 871. The number of nitrogens with zero attached hydrogens (tertiary/aromatic N) is 4. The predicted octanol–water partition coefficient (Wildman–Crippen LogP) is 2.98. The van der Waals surface area contributed by atoms with Crippen molar-refractivity contribution < 1.29 is 14.0 Å². The normalized spacial score (nSPS) is 22.4. The van der Waals surface area contributed by atoms with Crippen LogP contribution in [-0.4, -0.2) is 23.9 Å². The maximum atomic E-state index is 13.1. The highest BCUT2D eigenvalue weighted by Gasteiger charge is 2.55. The second-order valence-corrected chi connectivity index (χ2v) is 5.84. The molecule has 2 aromatic carbocycles. The van der Waals surface area contributed by atoms with E-state index in [1.54, 1.807) is 24.3 Å². The molecule has 0 aromatic heterocycles. The Labute approximate surface area is 141 Å². The van der Waals surface area contributed by atoms with Crippen molar-refractivity contribution in [2.45, 2.75) is 12.1 Å². The van der Waals surface area contributed by atoms with Crippen molar-refractivity contribution in [2.24, 2.45) is 10.3 Å². The Hall–Kier alpha value is -2.80. The van der Waals surface area contributed by atoms with E-state index in [0.717, 1.165) is 4.90 Å². The molecule has 0 radical (unpaired) electrons. The van der Waals surface area contributed by atoms with E-state index in [0.29, 0.717) is 16.4 Å². The van der Waals surface area contributed by atoms with Crippen LogP contribution in [0.1, 0.15) is 0 Å². The van der Waals surface area contributed by atoms with Crippen molar-refractivity contribution in [3.63, 3.8) is 0 Å². The third-order valence-electron chi connectivity index (χ3n) is 3.94. The summed E-state index contributed by atoms with van der Waals surface area (Å²) in [7, 11) is 0. The molecule has 0 N–H and O–H groups in total. The molecule has 8 heteroatoms. The minimum atomic E-state index is -0.915. The van der Waals surface area contributed by atoms with Crippen LogP contribution in [-0.2, 0) is 9.59 Å². The van der Waals surface area contributed by atoms with Crippen LogP contribution in [0.3, 0.4) is 0 Å². The van der Waals surface area contributed by atoms with Crippen molar-refractivity contribution in [1.82, 2.24) is 0 Å². The number of carbonyl (C=O) groups excluding carboxylic acids is 2. The molecule has 6 nitrogen and oxygen atoms in total. The minimum Gasteiger partial charge on any atom is -0.271 e. The van der Waals surface area contributed by atoms with Gasteiger partial charge in [0.15, 0.2) is 12.1 Å². The van der Waals surface area contributed by atoms with Gasteiger partial charge < -0.3 is 0 Å². The topological polar surface area (TPSA) is 65.3 Å². The molecule has 2 aliphatic heterocycles. The third-order valence-corrected chi connectivity index (χ3v) is 4.17. The molecule has 1 fully saturated rings. The highest BCUT2D eigenvalue weighted by molar-refractivity contribution is 6.31. The summed E-state index contributed by atoms with van der Waals surface area (Å²) >= 11 is 5.97. The molecule has 0 unspecified atom stereocenters. The van der Waals surface area contributed by atoms with E-state index in [1.807, 2.05) is 0 Å². The van der Waals surface area contributed by atoms with Crippen LogP contribution in [0.5, 0.6) is 0 Å². The Morgan fingerprint density at radius 2 is 1.75 bits per heavy atom. The zero-order valence-corrected chi connectivity index (χ0v) is 12.9. The summed E-state index contributed by atoms with van der Waals surface area (Å²) < 4.78 is 13.1. The van der Waals surface area contributed by atoms with Gasteiger partial charge in [0.2, 0.25) is 0 Å². The molecule has 2 atom stereocenters. The fourth-order valence-electron chi connectivity index (χ4n) is 2.84. The molecule has 0 bridgehead atoms. The molecule has 0 saturated carbocycles. The van der Waals surface area contributed by atoms with Crippen molar-refractivity contribution >= 4 is 34.8 Å². The van der Waals surface area contributed by atoms with Gasteiger partial charge in [-0.25, -0.2) is 14.3 Å². The fourth-order valence-corrected chi connectivity index (χ4v) is 3.02. The highest BCUT2D eigenvalue weighted by Crippen LogP contribution is 2.35. The number of imide groups is 1. The van der Waals surface area contributed by atoms with E-state index in [4.69, 9.17) is 11.6 Å². The lowest BCUT2D eigenvalue weighted by molar-refractivity contribution is -0.121. The molecule has 24 heavy (non-hydrogen) atoms. The molecule has 1 saturated heterocycles. The summed E-state index contributed by atoms with van der Waals surface area (Å²) in [5.41, 5.74) is 0.878. The van der Waals surface area contributed by atoms with E-state index in [1.165, 1.54) is 29.3 Å². The number of carbonyl (C=O) groups is 2. The lowest BCUT2D eigenvalue weighted by Crippen LogP contribution is -2.39. The third kappa shape index (κ3) is 2.16. The van der Waals surface area contributed by atoms with Gasteiger partial charge in [0.25, 0.3) is 11.8 Å². The van der Waals surface area contributed by atoms with Gasteiger partial charge in [-0.3, -0.25) is 9.59 Å². The second kappa shape index (κ2) is 5.38. The lowest BCUT2D eigenvalue weighted by Gasteiger charge is -2.20. The number of amides is 2. The van der Waals surface area contributed by atoms with Crippen LogP contribution in [0.15, 0.2) is 58.9 Å². The summed E-state index contributed by atoms with van der Waals surface area (Å²) in [4.78, 5) is 26.3. The molecule has 120 valence electrons. The first kappa shape index (κ1) is 14.8. The van der Waals surface area contributed by atoms with Crippen molar-refractivity contribution in [3.05, 3.63) is 59.4 Å². The number of benzene rings is 2. The van der Waals surface area contributed by atoms with Gasteiger partial charge in [-0.2, -0.15) is 5.11 Å². The second-order valence-electron chi connectivity index (χ2n) is 5.41. The predicted molar refractivity (Wildman–Crippen MR) is 85.3 cm³/mol. The van der Waals surface area contributed by atoms with Gasteiger partial charge in [0.1, 0.15) is 5.82 Å². The molecule has 2 aromatic rings. The Morgan fingerprint density at radius 1 is 1.00 bits per heavy atom. The number of anilines is 2. The van der Waals surface area contributed by atoms with Gasteiger partial charge in [-0.05, 0) is 42.5 Å². The molecule has 0 spiro atoms. The standard InChI is InChI=1S/C16H10ClFN4O2/c17-9-2-1-3-12(8-9)22-14-13(19-20-22)15(23)21(16(14)24)11-6-4-10(18)5-7-11/h1-8,13-14H/t13-,14-/m0/s1. The van der Waals surface area contributed by atoms with Crippen LogP contribution in [0.25, 0.3) is 0 Å². The van der Waals surface area contributed by atoms with Crippen molar-refractivity contribution in [2.75, 3.05) is 9.91 Å². The van der Waals surface area contributed by atoms with Crippen LogP contribution in [0.2, 0.25) is 5.02 Å². The van der Waals surface area contributed by atoms with Crippen LogP contribution in [0.4, 0.5) is 15.8 Å². The summed E-state index contributed by atoms with van der Waals surface area (Å²) in [6.07, 6.45) is 0. The van der Waals surface area contributed by atoms with Crippen LogP contribution in [0, 0.1) is 5.82 Å². The SMILES string of the molecule is O=C1[C@H]2N=NN(c3cccc(Cl)c3)[C@@H]2C(=O)N1c1ccc(F)cc1. The molecule has 2 amide bonds. The minimum absolute atomic E-state index is 0.307. The summed E-state index contributed by atoms with van der Waals surface area (Å²) in [5.74, 6) is -1.38. The fraction of sp³-hybridized carbons (Fsp3) is 0.125. The lowest BCUT2D eigenvalue weighted by atomic mass is 10.1. The summed E-state index contributed by atoms with van der Waals surface area (Å²) in [5, 5.41) is 9.75. The van der Waals surface area contributed by atoms with Crippen LogP contribution >= 0.6 is 11.6 Å². The number of hydrogen-bond donors (Lipinski definition) is 0. The molecule has 2 aliphatic rings. The van der Waals surface area contributed by atoms with Crippen LogP contribution < -0.4 is 9.91 Å². The molecule has 4 rings (SSSR count). The monoisotopic (exact) mass is 344 g/mol. The first-order valence-electron chi connectivity index (χ1n) is 7.15. The number of rotatable bonds is 2. The summed E-state index contributed by atoms with van der Waals surface area (Å²) in [6, 6.07) is 10.2. The molecule has 2 heterocycles. The van der Waals surface area contributed by atoms with Gasteiger partial charge in [-0.15, -0.1) is 0 Å². The molecule has 0 aliphatic carbocycles. The number of halogens is 2. The Morgan fingerprint density at radius 3 is 2.46 bits per heavy atom. The Kier molecular flexibility index (Phi) is 3.31. The van der Waals surface area contributed by atoms with Crippen molar-refractivity contribution in [3.8, 4) is 0 Å². The Balaban J connectivity index is 1.70. The van der Waals surface area contributed by atoms with E-state index in [2.05, 4.69) is 10.3 Å². The molecular weight excluding hydrogens is 335 g/mol. The number of hydrogen-bond acceptors (Lipinski definition) is 5. The van der Waals surface area contributed by atoms with E-state index < -0.39 is 29.7 Å². The quantitative estimate of drug-likeness (QED) is 0.787. The maximum absolute atomic E-state index is 13.1. The summed E-state index contributed by atoms with van der Waals surface area (Å²) in [6.45, 7) is 0. The van der Waals surface area contributed by atoms with Gasteiger partial charge in [0.05, 0.1) is 11.4 Å². The smallest absolute Gasteiger partial charge is 0.263 e. The first-order chi connectivity index (χ1) is 11.6. The molecular formula is C16H10ClFN4O2. The van der Waals surface area contributed by atoms with Gasteiger partial charge in [0, 0.05) is 5.02 Å². The van der Waals surface area contributed by atoms with E-state index >= 15 is 0 Å². The van der Waals surface area contributed by atoms with E-state index in [-0.39, 0.29) is 0 Å². The maximum Gasteiger partial charge on any atom is 0.263 e. The number of fused-ring (bicyclic) bond motifs is 1. The first-order valence-corrected chi connectivity index (χ1v) is 7.53. The highest BCUT2D eigenvalue weighted by atomic mass is 35.5. The van der Waals surface area contributed by atoms with E-state index in [9.17, 15) is 14.0 Å². The largest absolute Gasteiger partial charge is 0.271 e. The van der Waals surface area contributed by atoms with Gasteiger partial charge >= 0.3 is 0 Å². The van der Waals surface area contributed by atoms with Gasteiger partial charge in [-0.1, -0.05) is 22.9 Å². The zero-order valence-electron chi connectivity index (χ0n) is 12.1. The average molecular weight is 345 g/mol. The average Bonchev–Trinajstić information content (AvgIpc) is 3.10. The van der Waals surface area contributed by atoms with Crippen molar-refractivity contribution in [1.29, 1.82) is 0 Å². The zero-order chi connectivity index (χ0) is 16.8.